The Balaban J connectivity index is 1.34. The molecule has 1 aliphatic rings. The number of carbonyl (C=O) groups excluding carboxylic acids is 1. The minimum absolute atomic E-state index is 0.148. The van der Waals surface area contributed by atoms with Crippen LogP contribution < -0.4 is 5.32 Å². The maximum absolute atomic E-state index is 12.3. The first-order valence-corrected chi connectivity index (χ1v) is 10.6. The summed E-state index contributed by atoms with van der Waals surface area (Å²) >= 11 is 4.86. The van der Waals surface area contributed by atoms with Crippen molar-refractivity contribution in [3.63, 3.8) is 0 Å². The van der Waals surface area contributed by atoms with Crippen LogP contribution >= 0.6 is 34.4 Å². The third kappa shape index (κ3) is 4.26. The van der Waals surface area contributed by atoms with E-state index in [-0.39, 0.29) is 5.91 Å². The number of hydrogen-bond donors (Lipinski definition) is 1. The maximum atomic E-state index is 12.3. The Hall–Kier alpha value is -1.77. The third-order valence-corrected chi connectivity index (χ3v) is 6.63. The summed E-state index contributed by atoms with van der Waals surface area (Å²) in [5, 5.41) is 15.8. The summed E-state index contributed by atoms with van der Waals surface area (Å²) < 4.78 is 0. The number of thioether (sulfide) groups is 1. The lowest BCUT2D eigenvalue weighted by Crippen LogP contribution is -2.11. The van der Waals surface area contributed by atoms with Gasteiger partial charge in [0.2, 0.25) is 5.13 Å². The van der Waals surface area contributed by atoms with Crippen LogP contribution in [0.25, 0.3) is 0 Å². The van der Waals surface area contributed by atoms with Crippen molar-refractivity contribution in [1.29, 1.82) is 0 Å². The van der Waals surface area contributed by atoms with E-state index in [1.54, 1.807) is 23.1 Å². The van der Waals surface area contributed by atoms with E-state index in [1.807, 2.05) is 31.2 Å². The molecule has 0 atom stereocenters. The summed E-state index contributed by atoms with van der Waals surface area (Å²) in [5.74, 6) is 1.25. The number of hydrogen-bond acceptors (Lipinski definition) is 7. The molecule has 0 aliphatic heterocycles. The highest BCUT2D eigenvalue weighted by Crippen LogP contribution is 2.42. The number of anilines is 1. The SMILES string of the molecule is Cc1nc(CSc2ccc(C(=O)Nc3nnc(C4CC4)s3)cc2)cs1. The van der Waals surface area contributed by atoms with Gasteiger partial charge in [-0.25, -0.2) is 4.98 Å². The first kappa shape index (κ1) is 16.7. The molecule has 1 N–H and O–H groups in total. The molecule has 0 radical (unpaired) electrons. The first-order valence-electron chi connectivity index (χ1n) is 7.96. The van der Waals surface area contributed by atoms with Gasteiger partial charge >= 0.3 is 0 Å². The number of carbonyl (C=O) groups is 1. The Bertz CT molecular complexity index is 883. The lowest BCUT2D eigenvalue weighted by atomic mass is 10.2. The van der Waals surface area contributed by atoms with Crippen LogP contribution in [0.1, 0.15) is 44.8 Å². The summed E-state index contributed by atoms with van der Waals surface area (Å²) in [5.41, 5.74) is 1.72. The normalized spacial score (nSPS) is 13.8. The molecule has 1 amide bonds. The van der Waals surface area contributed by atoms with Crippen LogP contribution in [-0.2, 0) is 5.75 Å². The lowest BCUT2D eigenvalue weighted by molar-refractivity contribution is 0.102. The van der Waals surface area contributed by atoms with Crippen molar-refractivity contribution in [2.75, 3.05) is 5.32 Å². The van der Waals surface area contributed by atoms with E-state index in [1.165, 1.54) is 24.2 Å². The van der Waals surface area contributed by atoms with Gasteiger partial charge in [0.05, 0.1) is 10.7 Å². The van der Waals surface area contributed by atoms with Crippen LogP contribution in [0.5, 0.6) is 0 Å². The Morgan fingerprint density at radius 2 is 2.08 bits per heavy atom. The van der Waals surface area contributed by atoms with Gasteiger partial charge in [0.15, 0.2) is 0 Å². The van der Waals surface area contributed by atoms with E-state index >= 15 is 0 Å². The molecule has 1 fully saturated rings. The maximum Gasteiger partial charge on any atom is 0.257 e. The van der Waals surface area contributed by atoms with Gasteiger partial charge in [0.25, 0.3) is 5.91 Å². The minimum Gasteiger partial charge on any atom is -0.296 e. The monoisotopic (exact) mass is 388 g/mol. The number of nitrogens with zero attached hydrogens (tertiary/aromatic N) is 3. The second kappa shape index (κ2) is 7.23. The van der Waals surface area contributed by atoms with Gasteiger partial charge in [-0.15, -0.1) is 33.3 Å². The molecule has 2 heterocycles. The van der Waals surface area contributed by atoms with Crippen LogP contribution in [0, 0.1) is 6.92 Å². The highest BCUT2D eigenvalue weighted by molar-refractivity contribution is 7.98. The second-order valence-electron chi connectivity index (χ2n) is 5.84. The lowest BCUT2D eigenvalue weighted by Gasteiger charge is -2.03. The summed E-state index contributed by atoms with van der Waals surface area (Å²) in [6.07, 6.45) is 2.37. The van der Waals surface area contributed by atoms with Gasteiger partial charge < -0.3 is 0 Å². The largest absolute Gasteiger partial charge is 0.296 e. The highest BCUT2D eigenvalue weighted by atomic mass is 32.2. The molecule has 0 unspecified atom stereocenters. The van der Waals surface area contributed by atoms with Crippen LogP contribution in [0.4, 0.5) is 5.13 Å². The molecule has 8 heteroatoms. The quantitative estimate of drug-likeness (QED) is 0.619. The average Bonchev–Trinajstić information content (AvgIpc) is 3.23. The standard InChI is InChI=1S/C17H16N4OS3/c1-10-18-13(8-23-10)9-24-14-6-4-11(5-7-14)15(22)19-17-21-20-16(25-17)12-2-3-12/h4-8,12H,2-3,9H2,1H3,(H,19,21,22). The van der Waals surface area contributed by atoms with Crippen molar-refractivity contribution in [2.24, 2.45) is 0 Å². The molecule has 4 rings (SSSR count). The van der Waals surface area contributed by atoms with E-state index < -0.39 is 0 Å². The Morgan fingerprint density at radius 3 is 2.76 bits per heavy atom. The van der Waals surface area contributed by atoms with Crippen molar-refractivity contribution in [3.05, 3.63) is 50.9 Å². The molecule has 1 saturated carbocycles. The van der Waals surface area contributed by atoms with Crippen LogP contribution in [0.2, 0.25) is 0 Å². The number of amides is 1. The highest BCUT2D eigenvalue weighted by Gasteiger charge is 2.27. The fraction of sp³-hybridized carbons (Fsp3) is 0.294. The van der Waals surface area contributed by atoms with Crippen molar-refractivity contribution >= 4 is 45.5 Å². The van der Waals surface area contributed by atoms with Gasteiger partial charge in [-0.2, -0.15) is 0 Å². The van der Waals surface area contributed by atoms with Crippen molar-refractivity contribution in [2.45, 2.75) is 36.3 Å². The first-order chi connectivity index (χ1) is 12.2. The summed E-state index contributed by atoms with van der Waals surface area (Å²) in [4.78, 5) is 17.9. The molecular weight excluding hydrogens is 372 g/mol. The van der Waals surface area contributed by atoms with Crippen LogP contribution in [0.15, 0.2) is 34.5 Å². The number of nitrogens with one attached hydrogen (secondary N) is 1. The van der Waals surface area contributed by atoms with E-state index in [2.05, 4.69) is 25.9 Å². The fourth-order valence-electron chi connectivity index (χ4n) is 2.28. The van der Waals surface area contributed by atoms with Crippen molar-refractivity contribution in [1.82, 2.24) is 15.2 Å². The van der Waals surface area contributed by atoms with Gasteiger partial charge in [-0.05, 0) is 44.0 Å². The molecule has 1 aliphatic carbocycles. The van der Waals surface area contributed by atoms with E-state index in [0.29, 0.717) is 16.6 Å². The molecule has 1 aromatic carbocycles. The summed E-state index contributed by atoms with van der Waals surface area (Å²) in [7, 11) is 0. The molecular formula is C17H16N4OS3. The molecule has 0 bridgehead atoms. The summed E-state index contributed by atoms with van der Waals surface area (Å²) in [6, 6.07) is 7.61. The number of rotatable bonds is 6. The Kier molecular flexibility index (Phi) is 4.82. The predicted molar refractivity (Wildman–Crippen MR) is 103 cm³/mol. The van der Waals surface area contributed by atoms with Crippen molar-refractivity contribution < 1.29 is 4.79 Å². The van der Waals surface area contributed by atoms with Gasteiger partial charge in [-0.1, -0.05) is 11.3 Å². The van der Waals surface area contributed by atoms with Crippen LogP contribution in [0.3, 0.4) is 0 Å². The Labute approximate surface area is 157 Å². The third-order valence-electron chi connectivity index (χ3n) is 3.76. The second-order valence-corrected chi connectivity index (χ2v) is 8.96. The average molecular weight is 389 g/mol. The summed E-state index contributed by atoms with van der Waals surface area (Å²) in [6.45, 7) is 2.01. The van der Waals surface area contributed by atoms with E-state index in [0.717, 1.165) is 26.4 Å². The predicted octanol–water partition coefficient (Wildman–Crippen LogP) is 4.73. The topological polar surface area (TPSA) is 67.8 Å². The number of thiazole rings is 1. The zero-order valence-corrected chi connectivity index (χ0v) is 16.0. The molecule has 25 heavy (non-hydrogen) atoms. The Morgan fingerprint density at radius 1 is 1.28 bits per heavy atom. The smallest absolute Gasteiger partial charge is 0.257 e. The molecule has 5 nitrogen and oxygen atoms in total. The minimum atomic E-state index is -0.148. The molecule has 128 valence electrons. The van der Waals surface area contributed by atoms with Gasteiger partial charge in [0.1, 0.15) is 5.01 Å². The molecule has 0 saturated heterocycles. The van der Waals surface area contributed by atoms with Crippen LogP contribution in [-0.4, -0.2) is 21.1 Å². The number of aryl methyl sites for hydroxylation is 1. The number of benzene rings is 1. The van der Waals surface area contributed by atoms with E-state index in [9.17, 15) is 4.79 Å². The van der Waals surface area contributed by atoms with Crippen molar-refractivity contribution in [3.8, 4) is 0 Å². The molecule has 2 aromatic heterocycles. The zero-order chi connectivity index (χ0) is 17.2. The molecule has 0 spiro atoms. The number of aromatic nitrogens is 3. The van der Waals surface area contributed by atoms with Gasteiger partial charge in [0, 0.05) is 27.5 Å². The zero-order valence-electron chi connectivity index (χ0n) is 13.6. The fourth-order valence-corrected chi connectivity index (χ4v) is 4.70. The molecule has 3 aromatic rings. The van der Waals surface area contributed by atoms with Gasteiger partial charge in [-0.3, -0.25) is 10.1 Å². The van der Waals surface area contributed by atoms with E-state index in [4.69, 9.17) is 0 Å².